The summed E-state index contributed by atoms with van der Waals surface area (Å²) in [4.78, 5) is 2.64. The first kappa shape index (κ1) is 39.9. The van der Waals surface area contributed by atoms with Crippen LogP contribution in [-0.4, -0.2) is 0 Å². The van der Waals surface area contributed by atoms with Crippen molar-refractivity contribution in [1.82, 2.24) is 0 Å². The largest absolute Gasteiger partial charge is 0.309 e. The normalized spacial score (nSPS) is 21.9. The number of fused-ring (bicyclic) bond motifs is 6. The first-order chi connectivity index (χ1) is 33.5. The van der Waals surface area contributed by atoms with Gasteiger partial charge in [-0.15, -0.1) is 0 Å². The van der Waals surface area contributed by atoms with Gasteiger partial charge >= 0.3 is 0 Å². The lowest BCUT2D eigenvalue weighted by Gasteiger charge is -2.61. The van der Waals surface area contributed by atoms with Crippen molar-refractivity contribution < 1.29 is 0 Å². The van der Waals surface area contributed by atoms with Crippen LogP contribution in [0.3, 0.4) is 0 Å². The van der Waals surface area contributed by atoms with Crippen molar-refractivity contribution in [2.75, 3.05) is 4.90 Å². The van der Waals surface area contributed by atoms with Crippen LogP contribution in [0.5, 0.6) is 0 Å². The number of hydrogen-bond acceptors (Lipinski definition) is 1. The summed E-state index contributed by atoms with van der Waals surface area (Å²) in [6.07, 6.45) is 6.89. The van der Waals surface area contributed by atoms with E-state index in [2.05, 4.69) is 231 Å². The standard InChI is InChI=1S/C67H55N/c1-66(2)60-31-14-10-26-54(60)58-29-18-30-59(65(58)66)57-28-13-17-34-64(57)68(48-35-36-55-53-25-11-15-32-61(53)67(62(55)42-48)46-38-43-37-44(40-46)41-47(67)39-43)63-33-16-12-27-56(63)52-24-9-8-23-51(52)50-22-7-6-21-49(50)45-19-4-3-5-20-45/h3-36,42-44,46-47H,37-41H2,1-2H3. The van der Waals surface area contributed by atoms with E-state index in [9.17, 15) is 0 Å². The van der Waals surface area contributed by atoms with Gasteiger partial charge in [0.2, 0.25) is 0 Å². The topological polar surface area (TPSA) is 3.24 Å². The van der Waals surface area contributed by atoms with Gasteiger partial charge in [0.25, 0.3) is 0 Å². The van der Waals surface area contributed by atoms with E-state index in [4.69, 9.17) is 0 Å². The molecule has 68 heavy (non-hydrogen) atoms. The summed E-state index contributed by atoms with van der Waals surface area (Å²) in [6.45, 7) is 4.84. The van der Waals surface area contributed by atoms with E-state index in [1.807, 2.05) is 0 Å². The maximum atomic E-state index is 2.68. The molecule has 0 unspecified atom stereocenters. The fourth-order valence-corrected chi connectivity index (χ4v) is 15.1. The Labute approximate surface area is 401 Å². The number of benzene rings is 9. The van der Waals surface area contributed by atoms with Crippen molar-refractivity contribution in [1.29, 1.82) is 0 Å². The summed E-state index contributed by atoms with van der Waals surface area (Å²) in [5.41, 5.74) is 24.9. The van der Waals surface area contributed by atoms with Crippen LogP contribution in [0.2, 0.25) is 0 Å². The first-order valence-electron chi connectivity index (χ1n) is 25.2. The lowest BCUT2D eigenvalue weighted by atomic mass is 9.43. The Hall–Kier alpha value is -7.22. The van der Waals surface area contributed by atoms with Gasteiger partial charge < -0.3 is 4.90 Å². The van der Waals surface area contributed by atoms with Crippen LogP contribution in [0.25, 0.3) is 66.8 Å². The van der Waals surface area contributed by atoms with E-state index in [1.165, 1.54) is 127 Å². The highest BCUT2D eigenvalue weighted by Crippen LogP contribution is 2.70. The molecule has 0 amide bonds. The zero-order valence-corrected chi connectivity index (χ0v) is 39.0. The Kier molecular flexibility index (Phi) is 8.89. The van der Waals surface area contributed by atoms with Crippen molar-refractivity contribution in [2.24, 2.45) is 23.7 Å². The second-order valence-corrected chi connectivity index (χ2v) is 21.2. The molecule has 6 aliphatic rings. The van der Waals surface area contributed by atoms with Gasteiger partial charge in [-0.25, -0.2) is 0 Å². The zero-order chi connectivity index (χ0) is 45.1. The smallest absolute Gasteiger partial charge is 0.0540 e. The third kappa shape index (κ3) is 5.69. The summed E-state index contributed by atoms with van der Waals surface area (Å²) in [7, 11) is 0. The minimum atomic E-state index is -0.172. The van der Waals surface area contributed by atoms with E-state index in [-0.39, 0.29) is 10.8 Å². The monoisotopic (exact) mass is 873 g/mol. The highest BCUT2D eigenvalue weighted by Gasteiger charge is 2.61. The number of nitrogens with zero attached hydrogens (tertiary/aromatic N) is 1. The Bertz CT molecular complexity index is 3430. The molecule has 0 atom stereocenters. The van der Waals surface area contributed by atoms with Crippen LogP contribution < -0.4 is 4.90 Å². The van der Waals surface area contributed by atoms with Gasteiger partial charge in [-0.05, 0) is 158 Å². The van der Waals surface area contributed by atoms with Gasteiger partial charge in [-0.1, -0.05) is 202 Å². The zero-order valence-electron chi connectivity index (χ0n) is 39.0. The molecule has 1 spiro atoms. The molecule has 4 saturated carbocycles. The number of para-hydroxylation sites is 2. The van der Waals surface area contributed by atoms with Gasteiger partial charge in [-0.3, -0.25) is 0 Å². The number of rotatable bonds is 7. The maximum Gasteiger partial charge on any atom is 0.0540 e. The predicted octanol–water partition coefficient (Wildman–Crippen LogP) is 17.9. The van der Waals surface area contributed by atoms with Crippen LogP contribution in [0.15, 0.2) is 212 Å². The van der Waals surface area contributed by atoms with Crippen LogP contribution in [0.4, 0.5) is 17.1 Å². The molecule has 0 aromatic heterocycles. The molecular formula is C67H55N. The van der Waals surface area contributed by atoms with Crippen molar-refractivity contribution in [2.45, 2.75) is 56.8 Å². The SMILES string of the molecule is CC1(C)c2ccccc2-c2cccc(-c3ccccc3N(c3ccc4c(c3)C3(c5ccccc5-4)C4CC5CC(C4)CC3C5)c3ccccc3-c3ccccc3-c3ccccc3-c3ccccc3)c21. The molecule has 0 saturated heterocycles. The van der Waals surface area contributed by atoms with Gasteiger partial charge in [-0.2, -0.15) is 0 Å². The minimum Gasteiger partial charge on any atom is -0.309 e. The highest BCUT2D eigenvalue weighted by atomic mass is 15.1. The van der Waals surface area contributed by atoms with Crippen LogP contribution >= 0.6 is 0 Å². The van der Waals surface area contributed by atoms with Crippen molar-refractivity contribution in [3.63, 3.8) is 0 Å². The quantitative estimate of drug-likeness (QED) is 0.154. The molecule has 4 bridgehead atoms. The van der Waals surface area contributed by atoms with Crippen molar-refractivity contribution in [3.8, 4) is 66.8 Å². The highest BCUT2D eigenvalue weighted by molar-refractivity contribution is 6.01. The molecule has 0 aliphatic heterocycles. The third-order valence-corrected chi connectivity index (χ3v) is 17.5. The van der Waals surface area contributed by atoms with Crippen LogP contribution in [-0.2, 0) is 10.8 Å². The lowest BCUT2D eigenvalue weighted by Crippen LogP contribution is -2.55. The van der Waals surface area contributed by atoms with Crippen LogP contribution in [0, 0.1) is 23.7 Å². The molecule has 0 heterocycles. The molecule has 328 valence electrons. The summed E-state index contributed by atoms with van der Waals surface area (Å²) in [5, 5.41) is 0. The molecule has 15 rings (SSSR count). The number of hydrogen-bond donors (Lipinski definition) is 0. The summed E-state index contributed by atoms with van der Waals surface area (Å²) in [6, 6.07) is 80.6. The van der Waals surface area contributed by atoms with Crippen molar-refractivity contribution in [3.05, 3.63) is 235 Å². The molecule has 6 aliphatic carbocycles. The molecule has 1 heteroatoms. The molecule has 0 radical (unpaired) electrons. The molecule has 0 N–H and O–H groups in total. The summed E-state index contributed by atoms with van der Waals surface area (Å²) < 4.78 is 0. The van der Waals surface area contributed by atoms with Crippen molar-refractivity contribution >= 4 is 17.1 Å². The predicted molar refractivity (Wildman–Crippen MR) is 284 cm³/mol. The maximum absolute atomic E-state index is 2.68. The summed E-state index contributed by atoms with van der Waals surface area (Å²) >= 11 is 0. The molecule has 1 nitrogen and oxygen atoms in total. The molecular weight excluding hydrogens is 819 g/mol. The molecule has 9 aromatic carbocycles. The second-order valence-electron chi connectivity index (χ2n) is 21.2. The van der Waals surface area contributed by atoms with E-state index < -0.39 is 0 Å². The first-order valence-corrected chi connectivity index (χ1v) is 25.2. The molecule has 9 aromatic rings. The Morgan fingerprint density at radius 1 is 0.338 bits per heavy atom. The lowest BCUT2D eigenvalue weighted by molar-refractivity contribution is -0.0399. The van der Waals surface area contributed by atoms with Crippen LogP contribution in [0.1, 0.15) is 68.2 Å². The Morgan fingerprint density at radius 2 is 0.765 bits per heavy atom. The second kappa shape index (κ2) is 15.1. The fourth-order valence-electron chi connectivity index (χ4n) is 15.1. The van der Waals surface area contributed by atoms with Gasteiger partial charge in [0, 0.05) is 27.6 Å². The Balaban J connectivity index is 1.02. The Morgan fingerprint density at radius 3 is 1.40 bits per heavy atom. The number of anilines is 3. The summed E-state index contributed by atoms with van der Waals surface area (Å²) in [5.74, 6) is 3.12. The minimum absolute atomic E-state index is 0.0455. The van der Waals surface area contributed by atoms with Gasteiger partial charge in [0.05, 0.1) is 11.4 Å². The third-order valence-electron chi connectivity index (χ3n) is 17.5. The van der Waals surface area contributed by atoms with Gasteiger partial charge in [0.15, 0.2) is 0 Å². The van der Waals surface area contributed by atoms with E-state index >= 15 is 0 Å². The van der Waals surface area contributed by atoms with E-state index in [0.29, 0.717) is 11.8 Å². The van der Waals surface area contributed by atoms with E-state index in [1.54, 1.807) is 11.1 Å². The average Bonchev–Trinajstić information content (AvgIpc) is 3.81. The van der Waals surface area contributed by atoms with E-state index in [0.717, 1.165) is 11.8 Å². The van der Waals surface area contributed by atoms with Gasteiger partial charge in [0.1, 0.15) is 0 Å². The molecule has 4 fully saturated rings. The average molecular weight is 874 g/mol. The fraction of sp³-hybridized carbons (Fsp3) is 0.194.